The lowest BCUT2D eigenvalue weighted by atomic mass is 10.0. The topological polar surface area (TPSA) is 30.2 Å². The van der Waals surface area contributed by atoms with Crippen molar-refractivity contribution in [3.05, 3.63) is 28.6 Å². The normalized spacial score (nSPS) is 18.1. The van der Waals surface area contributed by atoms with Crippen LogP contribution in [0.15, 0.2) is 22.8 Å². The van der Waals surface area contributed by atoms with E-state index in [0.29, 0.717) is 5.92 Å². The molecule has 0 bridgehead atoms. The summed E-state index contributed by atoms with van der Waals surface area (Å²) in [6.45, 7) is 0. The molecule has 84 valence electrons. The maximum absolute atomic E-state index is 4.60. The molecule has 0 aromatic carbocycles. The van der Waals surface area contributed by atoms with Crippen LogP contribution in [-0.2, 0) is 0 Å². The molecule has 0 radical (unpaired) electrons. The summed E-state index contributed by atoms with van der Waals surface area (Å²) in [6.07, 6.45) is 4.38. The van der Waals surface area contributed by atoms with Crippen LogP contribution in [0, 0.1) is 0 Å². The fraction of sp³-hybridized carbons (Fsp3) is 0.455. The quantitative estimate of drug-likeness (QED) is 0.810. The molecule has 1 aliphatic heterocycles. The van der Waals surface area contributed by atoms with E-state index in [1.165, 1.54) is 24.3 Å². The Hall–Kier alpha value is -0.550. The molecule has 3 rings (SSSR count). The van der Waals surface area contributed by atoms with Crippen LogP contribution in [0.5, 0.6) is 0 Å². The van der Waals surface area contributed by atoms with Crippen LogP contribution >= 0.6 is 27.7 Å². The van der Waals surface area contributed by atoms with Gasteiger partial charge in [0.2, 0.25) is 0 Å². The Kier molecular flexibility index (Phi) is 2.90. The molecule has 0 amide bonds. The van der Waals surface area contributed by atoms with Gasteiger partial charge in [0.25, 0.3) is 0 Å². The Labute approximate surface area is 107 Å². The number of rotatable bonds is 1. The lowest BCUT2D eigenvalue weighted by Gasteiger charge is -2.17. The van der Waals surface area contributed by atoms with E-state index in [0.717, 1.165) is 15.9 Å². The second-order valence-electron chi connectivity index (χ2n) is 4.01. The van der Waals surface area contributed by atoms with Crippen molar-refractivity contribution >= 4 is 33.3 Å². The van der Waals surface area contributed by atoms with Crippen LogP contribution in [0.1, 0.15) is 24.6 Å². The van der Waals surface area contributed by atoms with Gasteiger partial charge in [-0.3, -0.25) is 0 Å². The monoisotopic (exact) mass is 297 g/mol. The van der Waals surface area contributed by atoms with Gasteiger partial charge in [-0.1, -0.05) is 0 Å². The standard InChI is InChI=1S/C11H12BrN3S/c12-9-1-2-10-13-11(14-15(10)7-9)8-3-5-16-6-4-8/h1-2,7-8H,3-6H2. The largest absolute Gasteiger partial charge is 0.220 e. The molecule has 0 N–H and O–H groups in total. The molecule has 5 heteroatoms. The van der Waals surface area contributed by atoms with Gasteiger partial charge in [0, 0.05) is 16.6 Å². The highest BCUT2D eigenvalue weighted by Gasteiger charge is 2.19. The third kappa shape index (κ3) is 1.98. The summed E-state index contributed by atoms with van der Waals surface area (Å²) in [5, 5.41) is 4.56. The minimum atomic E-state index is 0.555. The molecule has 1 saturated heterocycles. The maximum Gasteiger partial charge on any atom is 0.155 e. The number of halogens is 1. The summed E-state index contributed by atoms with van der Waals surface area (Å²) < 4.78 is 2.90. The van der Waals surface area contributed by atoms with E-state index in [1.807, 2.05) is 34.6 Å². The minimum absolute atomic E-state index is 0.555. The second-order valence-corrected chi connectivity index (χ2v) is 6.15. The third-order valence-corrected chi connectivity index (χ3v) is 4.42. The molecule has 2 aromatic rings. The summed E-state index contributed by atoms with van der Waals surface area (Å²) in [5.41, 5.74) is 0.941. The molecule has 16 heavy (non-hydrogen) atoms. The molecule has 3 nitrogen and oxygen atoms in total. The molecule has 3 heterocycles. The minimum Gasteiger partial charge on any atom is -0.220 e. The Morgan fingerprint density at radius 1 is 1.31 bits per heavy atom. The van der Waals surface area contributed by atoms with Gasteiger partial charge in [-0.25, -0.2) is 9.50 Å². The second kappa shape index (κ2) is 4.37. The van der Waals surface area contributed by atoms with Crippen molar-refractivity contribution in [3.8, 4) is 0 Å². The van der Waals surface area contributed by atoms with Gasteiger partial charge >= 0.3 is 0 Å². The van der Waals surface area contributed by atoms with Crippen molar-refractivity contribution in [2.45, 2.75) is 18.8 Å². The zero-order valence-electron chi connectivity index (χ0n) is 8.77. The van der Waals surface area contributed by atoms with Gasteiger partial charge in [-0.15, -0.1) is 0 Å². The van der Waals surface area contributed by atoms with Crippen LogP contribution in [0.4, 0.5) is 0 Å². The third-order valence-electron chi connectivity index (χ3n) is 2.90. The molecule has 0 aliphatic carbocycles. The smallest absolute Gasteiger partial charge is 0.155 e. The van der Waals surface area contributed by atoms with E-state index in [4.69, 9.17) is 0 Å². The molecular formula is C11H12BrN3S. The summed E-state index contributed by atoms with van der Waals surface area (Å²) in [6, 6.07) is 4.00. The van der Waals surface area contributed by atoms with Crippen molar-refractivity contribution in [2.24, 2.45) is 0 Å². The predicted octanol–water partition coefficient (Wildman–Crippen LogP) is 3.10. The van der Waals surface area contributed by atoms with Crippen molar-refractivity contribution < 1.29 is 0 Å². The SMILES string of the molecule is Brc1ccc2nc(C3CCSCC3)nn2c1. The highest BCUT2D eigenvalue weighted by molar-refractivity contribution is 9.10. The summed E-state index contributed by atoms with van der Waals surface area (Å²) in [7, 11) is 0. The average molecular weight is 298 g/mol. The fourth-order valence-corrected chi connectivity index (χ4v) is 3.44. The van der Waals surface area contributed by atoms with Crippen LogP contribution in [-0.4, -0.2) is 26.1 Å². The highest BCUT2D eigenvalue weighted by Crippen LogP contribution is 2.29. The molecule has 1 aliphatic rings. The van der Waals surface area contributed by atoms with E-state index in [2.05, 4.69) is 26.0 Å². The molecule has 0 spiro atoms. The first-order chi connectivity index (χ1) is 7.83. The summed E-state index contributed by atoms with van der Waals surface area (Å²) in [5.74, 6) is 4.05. The van der Waals surface area contributed by atoms with Crippen LogP contribution in [0.3, 0.4) is 0 Å². The fourth-order valence-electron chi connectivity index (χ4n) is 2.00. The summed E-state index contributed by atoms with van der Waals surface area (Å²) in [4.78, 5) is 4.60. The van der Waals surface area contributed by atoms with E-state index >= 15 is 0 Å². The first-order valence-electron chi connectivity index (χ1n) is 5.42. The Bertz CT molecular complexity index is 505. The van der Waals surface area contributed by atoms with Crippen LogP contribution in [0.25, 0.3) is 5.65 Å². The number of fused-ring (bicyclic) bond motifs is 1. The van der Waals surface area contributed by atoms with Crippen molar-refractivity contribution in [3.63, 3.8) is 0 Å². The Morgan fingerprint density at radius 3 is 2.94 bits per heavy atom. The van der Waals surface area contributed by atoms with E-state index < -0.39 is 0 Å². The van der Waals surface area contributed by atoms with E-state index in [-0.39, 0.29) is 0 Å². The number of aromatic nitrogens is 3. The van der Waals surface area contributed by atoms with Gasteiger partial charge in [-0.05, 0) is 52.4 Å². The number of nitrogens with zero attached hydrogens (tertiary/aromatic N) is 3. The number of pyridine rings is 1. The first-order valence-corrected chi connectivity index (χ1v) is 7.37. The average Bonchev–Trinajstić information content (AvgIpc) is 2.73. The molecule has 0 unspecified atom stereocenters. The van der Waals surface area contributed by atoms with Gasteiger partial charge in [0.15, 0.2) is 11.5 Å². The van der Waals surface area contributed by atoms with Crippen molar-refractivity contribution in [1.29, 1.82) is 0 Å². The number of hydrogen-bond donors (Lipinski definition) is 0. The molecule has 0 saturated carbocycles. The lowest BCUT2D eigenvalue weighted by molar-refractivity contribution is 0.597. The molecule has 1 fully saturated rings. The number of hydrogen-bond acceptors (Lipinski definition) is 3. The zero-order chi connectivity index (χ0) is 11.0. The van der Waals surface area contributed by atoms with Crippen LogP contribution < -0.4 is 0 Å². The van der Waals surface area contributed by atoms with Gasteiger partial charge in [0.1, 0.15) is 0 Å². The zero-order valence-corrected chi connectivity index (χ0v) is 11.2. The van der Waals surface area contributed by atoms with E-state index in [9.17, 15) is 0 Å². The lowest BCUT2D eigenvalue weighted by Crippen LogP contribution is -2.09. The van der Waals surface area contributed by atoms with E-state index in [1.54, 1.807) is 0 Å². The Balaban J connectivity index is 1.97. The molecule has 2 aromatic heterocycles. The molecular weight excluding hydrogens is 286 g/mol. The highest BCUT2D eigenvalue weighted by atomic mass is 79.9. The maximum atomic E-state index is 4.60. The summed E-state index contributed by atoms with van der Waals surface area (Å²) >= 11 is 5.48. The van der Waals surface area contributed by atoms with Gasteiger partial charge in [0.05, 0.1) is 0 Å². The molecule has 0 atom stereocenters. The van der Waals surface area contributed by atoms with Gasteiger partial charge < -0.3 is 0 Å². The van der Waals surface area contributed by atoms with Crippen molar-refractivity contribution in [2.75, 3.05) is 11.5 Å². The van der Waals surface area contributed by atoms with Crippen LogP contribution in [0.2, 0.25) is 0 Å². The number of thioether (sulfide) groups is 1. The first kappa shape index (κ1) is 10.6. The van der Waals surface area contributed by atoms with Gasteiger partial charge in [-0.2, -0.15) is 16.9 Å². The van der Waals surface area contributed by atoms with Crippen molar-refractivity contribution in [1.82, 2.24) is 14.6 Å². The predicted molar refractivity (Wildman–Crippen MR) is 70.0 cm³/mol. The Morgan fingerprint density at radius 2 is 2.12 bits per heavy atom.